The van der Waals surface area contributed by atoms with E-state index in [9.17, 15) is 9.59 Å². The Bertz CT molecular complexity index is 1220. The van der Waals surface area contributed by atoms with Crippen LogP contribution in [0.2, 0.25) is 10.0 Å². The fourth-order valence-electron chi connectivity index (χ4n) is 2.66. The molecule has 10 heteroatoms. The molecule has 0 radical (unpaired) electrons. The maximum Gasteiger partial charge on any atom is 0.343 e. The van der Waals surface area contributed by atoms with Crippen molar-refractivity contribution in [1.82, 2.24) is 5.43 Å². The lowest BCUT2D eigenvalue weighted by Crippen LogP contribution is -2.33. The number of carbonyl (C=O) groups is 2. The summed E-state index contributed by atoms with van der Waals surface area (Å²) < 4.78 is 17.2. The number of esters is 1. The summed E-state index contributed by atoms with van der Waals surface area (Å²) in [5.41, 5.74) is 3.27. The summed E-state index contributed by atoms with van der Waals surface area (Å²) >= 11 is 15.2. The Kier molecular flexibility index (Phi) is 8.92. The highest BCUT2D eigenvalue weighted by molar-refractivity contribution is 9.10. The van der Waals surface area contributed by atoms with E-state index in [1.54, 1.807) is 37.3 Å². The summed E-state index contributed by atoms with van der Waals surface area (Å²) in [5, 5.41) is 4.53. The Morgan fingerprint density at radius 2 is 1.74 bits per heavy atom. The number of methoxy groups -OCH3 is 1. The number of nitrogens with one attached hydrogen (secondary N) is 1. The van der Waals surface area contributed by atoms with Crippen LogP contribution in [0.5, 0.6) is 17.2 Å². The van der Waals surface area contributed by atoms with Crippen LogP contribution in [0, 0.1) is 0 Å². The molecule has 3 rings (SSSR count). The summed E-state index contributed by atoms with van der Waals surface area (Å²) in [5.74, 6) is 0.0288. The van der Waals surface area contributed by atoms with Crippen LogP contribution in [-0.2, 0) is 4.79 Å². The van der Waals surface area contributed by atoms with Gasteiger partial charge in [0.2, 0.25) is 0 Å². The monoisotopic (exact) mass is 564 g/mol. The molecule has 0 spiro atoms. The molecule has 176 valence electrons. The number of hydrogen-bond acceptors (Lipinski definition) is 6. The van der Waals surface area contributed by atoms with Gasteiger partial charge in [0.25, 0.3) is 5.91 Å². The van der Waals surface area contributed by atoms with Crippen LogP contribution in [0.4, 0.5) is 0 Å². The van der Waals surface area contributed by atoms with Gasteiger partial charge in [-0.05, 0) is 73.2 Å². The lowest BCUT2D eigenvalue weighted by molar-refractivity contribution is -0.127. The van der Waals surface area contributed by atoms with Crippen molar-refractivity contribution in [2.75, 3.05) is 7.11 Å². The second-order valence-electron chi connectivity index (χ2n) is 6.88. The van der Waals surface area contributed by atoms with E-state index in [1.807, 2.05) is 12.1 Å². The summed E-state index contributed by atoms with van der Waals surface area (Å²) in [6, 6.07) is 16.4. The van der Waals surface area contributed by atoms with Gasteiger partial charge in [0.15, 0.2) is 17.6 Å². The number of nitrogens with zero attached hydrogens (tertiary/aromatic N) is 1. The third kappa shape index (κ3) is 6.96. The molecule has 7 nitrogen and oxygen atoms in total. The zero-order chi connectivity index (χ0) is 24.7. The molecule has 0 bridgehead atoms. The lowest BCUT2D eigenvalue weighted by atomic mass is 10.2. The first-order valence-electron chi connectivity index (χ1n) is 9.87. The van der Waals surface area contributed by atoms with Crippen molar-refractivity contribution < 1.29 is 23.8 Å². The summed E-state index contributed by atoms with van der Waals surface area (Å²) in [4.78, 5) is 24.6. The molecule has 0 unspecified atom stereocenters. The minimum atomic E-state index is -0.754. The Morgan fingerprint density at radius 1 is 1.00 bits per heavy atom. The van der Waals surface area contributed by atoms with E-state index < -0.39 is 18.0 Å². The van der Waals surface area contributed by atoms with Crippen LogP contribution >= 0.6 is 39.1 Å². The van der Waals surface area contributed by atoms with Crippen LogP contribution in [0.3, 0.4) is 0 Å². The van der Waals surface area contributed by atoms with Gasteiger partial charge >= 0.3 is 5.97 Å². The number of hydrazone groups is 1. The van der Waals surface area contributed by atoms with Crippen molar-refractivity contribution in [3.63, 3.8) is 0 Å². The van der Waals surface area contributed by atoms with Crippen LogP contribution in [0.15, 0.2) is 70.2 Å². The largest absolute Gasteiger partial charge is 0.493 e. The van der Waals surface area contributed by atoms with Crippen molar-refractivity contribution in [3.8, 4) is 17.2 Å². The van der Waals surface area contributed by atoms with E-state index in [-0.39, 0.29) is 16.3 Å². The first-order chi connectivity index (χ1) is 16.3. The molecule has 1 N–H and O–H groups in total. The van der Waals surface area contributed by atoms with Gasteiger partial charge in [0.05, 0.1) is 28.9 Å². The van der Waals surface area contributed by atoms with Crippen LogP contribution in [0.25, 0.3) is 0 Å². The maximum atomic E-state index is 12.4. The third-order valence-electron chi connectivity index (χ3n) is 4.43. The number of hydrogen-bond donors (Lipinski definition) is 1. The number of carbonyl (C=O) groups excluding carboxylic acids is 2. The van der Waals surface area contributed by atoms with Gasteiger partial charge in [0.1, 0.15) is 5.75 Å². The normalized spacial score (nSPS) is 11.7. The van der Waals surface area contributed by atoms with Crippen molar-refractivity contribution in [2.45, 2.75) is 13.0 Å². The van der Waals surface area contributed by atoms with Gasteiger partial charge < -0.3 is 14.2 Å². The Balaban J connectivity index is 1.60. The van der Waals surface area contributed by atoms with E-state index >= 15 is 0 Å². The van der Waals surface area contributed by atoms with E-state index in [2.05, 4.69) is 26.5 Å². The number of halogens is 3. The molecular weight excluding hydrogens is 547 g/mol. The Hall–Kier alpha value is -3.07. The zero-order valence-electron chi connectivity index (χ0n) is 18.1. The fourth-order valence-corrected chi connectivity index (χ4v) is 3.23. The molecular formula is C24H19BrCl2N2O5. The summed E-state index contributed by atoms with van der Waals surface area (Å²) in [6.07, 6.45) is 0.674. The number of ether oxygens (including phenoxy) is 3. The average Bonchev–Trinajstić information content (AvgIpc) is 2.82. The van der Waals surface area contributed by atoms with Crippen LogP contribution < -0.4 is 19.6 Å². The molecule has 3 aromatic rings. The molecule has 0 heterocycles. The predicted octanol–water partition coefficient (Wildman–Crippen LogP) is 5.90. The summed E-state index contributed by atoms with van der Waals surface area (Å²) in [6.45, 7) is 1.62. The predicted molar refractivity (Wildman–Crippen MR) is 134 cm³/mol. The fraction of sp³-hybridized carbons (Fsp3) is 0.125. The maximum absolute atomic E-state index is 12.4. The van der Waals surface area contributed by atoms with Gasteiger partial charge in [-0.3, -0.25) is 4.79 Å². The highest BCUT2D eigenvalue weighted by Gasteiger charge is 2.15. The molecule has 0 saturated heterocycles. The quantitative estimate of drug-likeness (QED) is 0.159. The zero-order valence-corrected chi connectivity index (χ0v) is 21.1. The third-order valence-corrected chi connectivity index (χ3v) is 5.70. The first-order valence-corrected chi connectivity index (χ1v) is 11.4. The second-order valence-corrected chi connectivity index (χ2v) is 8.61. The van der Waals surface area contributed by atoms with E-state index in [4.69, 9.17) is 37.4 Å². The molecule has 0 aliphatic carbocycles. The number of rotatable bonds is 8. The molecule has 0 aliphatic rings. The van der Waals surface area contributed by atoms with Gasteiger partial charge in [-0.25, -0.2) is 10.2 Å². The lowest BCUT2D eigenvalue weighted by Gasteiger charge is -2.13. The van der Waals surface area contributed by atoms with E-state index in [1.165, 1.54) is 31.5 Å². The van der Waals surface area contributed by atoms with Gasteiger partial charge in [-0.15, -0.1) is 0 Å². The molecule has 0 saturated carbocycles. The van der Waals surface area contributed by atoms with Gasteiger partial charge in [-0.1, -0.05) is 39.1 Å². The highest BCUT2D eigenvalue weighted by atomic mass is 79.9. The van der Waals surface area contributed by atoms with E-state index in [0.29, 0.717) is 22.1 Å². The van der Waals surface area contributed by atoms with Crippen LogP contribution in [-0.4, -0.2) is 31.3 Å². The second kappa shape index (κ2) is 11.9. The summed E-state index contributed by atoms with van der Waals surface area (Å²) in [7, 11) is 1.44. The molecule has 34 heavy (non-hydrogen) atoms. The number of benzene rings is 3. The molecule has 0 fully saturated rings. The molecule has 0 aromatic heterocycles. The van der Waals surface area contributed by atoms with Crippen LogP contribution in [0.1, 0.15) is 22.8 Å². The van der Waals surface area contributed by atoms with Gasteiger partial charge in [0, 0.05) is 4.47 Å². The van der Waals surface area contributed by atoms with Crippen molar-refractivity contribution >= 4 is 57.2 Å². The van der Waals surface area contributed by atoms with Gasteiger partial charge in [-0.2, -0.15) is 5.10 Å². The molecule has 1 amide bonds. The Morgan fingerprint density at radius 3 is 2.41 bits per heavy atom. The minimum absolute atomic E-state index is 0.205. The highest BCUT2D eigenvalue weighted by Crippen LogP contribution is 2.29. The smallest absolute Gasteiger partial charge is 0.343 e. The molecule has 1 atom stereocenters. The van der Waals surface area contributed by atoms with Crippen molar-refractivity contribution in [2.24, 2.45) is 5.10 Å². The average molecular weight is 566 g/mol. The molecule has 0 aliphatic heterocycles. The van der Waals surface area contributed by atoms with Crippen molar-refractivity contribution in [3.05, 3.63) is 86.3 Å². The van der Waals surface area contributed by atoms with E-state index in [0.717, 1.165) is 4.47 Å². The SMILES string of the molecule is COc1cc(/C=N\NC(=O)[C@H](C)Oc2ccc(Br)cc2)ccc1OC(=O)c1ccc(Cl)c(Cl)c1. The number of amides is 1. The Labute approximate surface area is 214 Å². The first kappa shape index (κ1) is 25.6. The molecule has 3 aromatic carbocycles. The standard InChI is InChI=1S/C24H19BrCl2N2O5/c1-14(33-18-7-5-17(25)6-8-18)23(30)29-28-13-15-3-10-21(22(11-15)32-2)34-24(31)16-4-9-19(26)20(27)12-16/h3-14H,1-2H3,(H,29,30)/b28-13-/t14-/m0/s1. The van der Waals surface area contributed by atoms with Crippen molar-refractivity contribution in [1.29, 1.82) is 0 Å². The topological polar surface area (TPSA) is 86.2 Å². The minimum Gasteiger partial charge on any atom is -0.493 e.